The molecule has 0 radical (unpaired) electrons. The molecule has 0 spiro atoms. The number of carbonyl (C=O) groups excluding carboxylic acids is 1. The summed E-state index contributed by atoms with van der Waals surface area (Å²) in [5, 5.41) is 3.17. The van der Waals surface area contributed by atoms with E-state index in [1.54, 1.807) is 7.11 Å². The highest BCUT2D eigenvalue weighted by Crippen LogP contribution is 2.28. The number of benzene rings is 1. The Morgan fingerprint density at radius 2 is 2.20 bits per heavy atom. The Hall–Kier alpha value is -1.77. The van der Waals surface area contributed by atoms with E-state index in [-0.39, 0.29) is 17.9 Å². The molecule has 1 N–H and O–H groups in total. The molecule has 2 atom stereocenters. The monoisotopic (exact) mass is 273 g/mol. The topological polar surface area (TPSA) is 38.3 Å². The predicted octanol–water partition coefficient (Wildman–Crippen LogP) is 3.62. The summed E-state index contributed by atoms with van der Waals surface area (Å²) in [5.74, 6) is 1.11. The molecular formula is C17H23NO2. The maximum atomic E-state index is 12.4. The van der Waals surface area contributed by atoms with E-state index in [0.717, 1.165) is 37.0 Å². The fourth-order valence-corrected chi connectivity index (χ4v) is 2.68. The molecule has 1 aliphatic carbocycles. The summed E-state index contributed by atoms with van der Waals surface area (Å²) in [6.07, 6.45) is 7.93. The summed E-state index contributed by atoms with van der Waals surface area (Å²) in [4.78, 5) is 12.4. The van der Waals surface area contributed by atoms with Gasteiger partial charge in [0.25, 0.3) is 0 Å². The van der Waals surface area contributed by atoms with Gasteiger partial charge in [0, 0.05) is 11.5 Å². The molecule has 1 aromatic rings. The van der Waals surface area contributed by atoms with Crippen LogP contribution >= 0.6 is 0 Å². The molecule has 20 heavy (non-hydrogen) atoms. The molecule has 0 aliphatic heterocycles. The Morgan fingerprint density at radius 3 is 2.85 bits per heavy atom. The Labute approximate surface area is 121 Å². The molecule has 0 saturated carbocycles. The summed E-state index contributed by atoms with van der Waals surface area (Å²) >= 11 is 0. The molecule has 3 nitrogen and oxygen atoms in total. The summed E-state index contributed by atoms with van der Waals surface area (Å²) < 4.78 is 5.39. The molecule has 0 bridgehead atoms. The van der Waals surface area contributed by atoms with Crippen LogP contribution in [0.5, 0.6) is 5.75 Å². The second-order valence-electron chi connectivity index (χ2n) is 5.19. The van der Waals surface area contributed by atoms with Crippen molar-refractivity contribution in [2.75, 3.05) is 7.11 Å². The molecule has 0 aromatic heterocycles. The van der Waals surface area contributed by atoms with Crippen LogP contribution in [-0.2, 0) is 4.79 Å². The number of rotatable bonds is 5. The third kappa shape index (κ3) is 3.41. The van der Waals surface area contributed by atoms with E-state index >= 15 is 0 Å². The van der Waals surface area contributed by atoms with Crippen molar-refractivity contribution in [1.29, 1.82) is 0 Å². The quantitative estimate of drug-likeness (QED) is 0.832. The lowest BCUT2D eigenvalue weighted by molar-refractivity contribution is -0.126. The minimum atomic E-state index is 0.0181. The van der Waals surface area contributed by atoms with Gasteiger partial charge in [0.15, 0.2) is 0 Å². The van der Waals surface area contributed by atoms with Crippen LogP contribution in [0.2, 0.25) is 0 Å². The Kier molecular flexibility index (Phi) is 5.22. The predicted molar refractivity (Wildman–Crippen MR) is 80.6 cm³/mol. The fourth-order valence-electron chi connectivity index (χ4n) is 2.68. The van der Waals surface area contributed by atoms with Crippen molar-refractivity contribution < 1.29 is 9.53 Å². The number of ether oxygens (including phenoxy) is 1. The van der Waals surface area contributed by atoms with Gasteiger partial charge in [-0.3, -0.25) is 4.79 Å². The van der Waals surface area contributed by atoms with Crippen LogP contribution in [0, 0.1) is 5.92 Å². The molecule has 0 fully saturated rings. The van der Waals surface area contributed by atoms with Crippen molar-refractivity contribution in [2.24, 2.45) is 5.92 Å². The fraction of sp³-hybridized carbons (Fsp3) is 0.471. The van der Waals surface area contributed by atoms with Crippen LogP contribution in [0.15, 0.2) is 36.4 Å². The highest BCUT2D eigenvalue weighted by Gasteiger charge is 2.22. The number of allylic oxidation sites excluding steroid dienone is 2. The summed E-state index contributed by atoms with van der Waals surface area (Å²) in [6.45, 7) is 2.08. The standard InChI is InChI=1S/C17H23NO2/c1-3-15(14-11-7-8-12-16(14)20-2)18-17(19)13-9-5-4-6-10-13/h4-5,7-8,11-13,15H,3,6,9-10H2,1-2H3,(H,18,19)/t13-,15+/m0/s1. The van der Waals surface area contributed by atoms with E-state index in [9.17, 15) is 4.79 Å². The number of methoxy groups -OCH3 is 1. The smallest absolute Gasteiger partial charge is 0.223 e. The van der Waals surface area contributed by atoms with Gasteiger partial charge in [-0.05, 0) is 31.7 Å². The number of nitrogens with one attached hydrogen (secondary N) is 1. The van der Waals surface area contributed by atoms with E-state index in [1.165, 1.54) is 0 Å². The summed E-state index contributed by atoms with van der Waals surface area (Å²) in [6, 6.07) is 7.91. The van der Waals surface area contributed by atoms with Gasteiger partial charge in [-0.15, -0.1) is 0 Å². The first-order valence-corrected chi connectivity index (χ1v) is 7.34. The van der Waals surface area contributed by atoms with Gasteiger partial charge >= 0.3 is 0 Å². The minimum absolute atomic E-state index is 0.0181. The summed E-state index contributed by atoms with van der Waals surface area (Å²) in [5.41, 5.74) is 1.05. The van der Waals surface area contributed by atoms with Crippen molar-refractivity contribution in [3.63, 3.8) is 0 Å². The molecule has 1 aliphatic rings. The molecule has 1 aromatic carbocycles. The molecule has 0 heterocycles. The minimum Gasteiger partial charge on any atom is -0.496 e. The van der Waals surface area contributed by atoms with Gasteiger partial charge in [-0.2, -0.15) is 0 Å². The van der Waals surface area contributed by atoms with Crippen molar-refractivity contribution in [3.05, 3.63) is 42.0 Å². The lowest BCUT2D eigenvalue weighted by Gasteiger charge is -2.24. The third-order valence-corrected chi connectivity index (χ3v) is 3.88. The molecule has 3 heteroatoms. The van der Waals surface area contributed by atoms with Crippen LogP contribution in [-0.4, -0.2) is 13.0 Å². The zero-order chi connectivity index (χ0) is 14.4. The normalized spacial score (nSPS) is 19.4. The maximum Gasteiger partial charge on any atom is 0.223 e. The van der Waals surface area contributed by atoms with Crippen molar-refractivity contribution in [2.45, 2.75) is 38.6 Å². The first-order chi connectivity index (χ1) is 9.76. The van der Waals surface area contributed by atoms with Crippen molar-refractivity contribution in [3.8, 4) is 5.75 Å². The highest BCUT2D eigenvalue weighted by molar-refractivity contribution is 5.79. The van der Waals surface area contributed by atoms with Crippen molar-refractivity contribution in [1.82, 2.24) is 5.32 Å². The van der Waals surface area contributed by atoms with E-state index in [4.69, 9.17) is 4.74 Å². The van der Waals surface area contributed by atoms with Gasteiger partial charge < -0.3 is 10.1 Å². The Morgan fingerprint density at radius 1 is 1.40 bits per heavy atom. The van der Waals surface area contributed by atoms with Crippen LogP contribution in [0.1, 0.15) is 44.2 Å². The number of amides is 1. The number of para-hydroxylation sites is 1. The van der Waals surface area contributed by atoms with E-state index in [0.29, 0.717) is 0 Å². The molecule has 0 unspecified atom stereocenters. The van der Waals surface area contributed by atoms with E-state index < -0.39 is 0 Å². The molecule has 108 valence electrons. The number of carbonyl (C=O) groups is 1. The molecular weight excluding hydrogens is 250 g/mol. The van der Waals surface area contributed by atoms with E-state index in [1.807, 2.05) is 24.3 Å². The van der Waals surface area contributed by atoms with Gasteiger partial charge in [0.05, 0.1) is 13.2 Å². The van der Waals surface area contributed by atoms with Crippen LogP contribution in [0.4, 0.5) is 0 Å². The average molecular weight is 273 g/mol. The van der Waals surface area contributed by atoms with Gasteiger partial charge in [-0.25, -0.2) is 0 Å². The molecule has 1 amide bonds. The average Bonchev–Trinajstić information content (AvgIpc) is 2.53. The second-order valence-corrected chi connectivity index (χ2v) is 5.19. The van der Waals surface area contributed by atoms with Gasteiger partial charge in [0.1, 0.15) is 5.75 Å². The van der Waals surface area contributed by atoms with Gasteiger partial charge in [0.2, 0.25) is 5.91 Å². The lowest BCUT2D eigenvalue weighted by atomic mass is 9.92. The Bertz CT molecular complexity index is 482. The Balaban J connectivity index is 2.08. The molecule has 2 rings (SSSR count). The van der Waals surface area contributed by atoms with Crippen molar-refractivity contribution >= 4 is 5.91 Å². The first kappa shape index (κ1) is 14.6. The first-order valence-electron chi connectivity index (χ1n) is 7.34. The van der Waals surface area contributed by atoms with Crippen LogP contribution < -0.4 is 10.1 Å². The number of hydrogen-bond donors (Lipinski definition) is 1. The summed E-state index contributed by atoms with van der Waals surface area (Å²) in [7, 11) is 1.67. The van der Waals surface area contributed by atoms with Crippen LogP contribution in [0.3, 0.4) is 0 Å². The maximum absolute atomic E-state index is 12.4. The lowest BCUT2D eigenvalue weighted by Crippen LogP contribution is -2.34. The largest absolute Gasteiger partial charge is 0.496 e. The van der Waals surface area contributed by atoms with E-state index in [2.05, 4.69) is 24.4 Å². The van der Waals surface area contributed by atoms with Crippen LogP contribution in [0.25, 0.3) is 0 Å². The zero-order valence-electron chi connectivity index (χ0n) is 12.3. The SMILES string of the molecule is CC[C@@H](NC(=O)[C@H]1CC=CCC1)c1ccccc1OC. The highest BCUT2D eigenvalue weighted by atomic mass is 16.5. The second kappa shape index (κ2) is 7.13. The number of hydrogen-bond acceptors (Lipinski definition) is 2. The third-order valence-electron chi connectivity index (χ3n) is 3.88. The zero-order valence-corrected chi connectivity index (χ0v) is 12.3. The molecule has 0 saturated heterocycles. The van der Waals surface area contributed by atoms with Gasteiger partial charge in [-0.1, -0.05) is 37.3 Å².